The van der Waals surface area contributed by atoms with Crippen LogP contribution in [0, 0.1) is 0 Å². The highest BCUT2D eigenvalue weighted by Gasteiger charge is 2.21. The van der Waals surface area contributed by atoms with Gasteiger partial charge in [-0.1, -0.05) is 34.8 Å². The van der Waals surface area contributed by atoms with E-state index in [0.717, 1.165) is 44.4 Å². The zero-order valence-electron chi connectivity index (χ0n) is 20.2. The second-order valence-electron chi connectivity index (χ2n) is 8.49. The number of nitrogens with zero attached hydrogens (tertiary/aromatic N) is 1. The molecule has 194 valence electrons. The fraction of sp³-hybridized carbons (Fsp3) is 0.0741. The first-order valence-electron chi connectivity index (χ1n) is 11.3. The van der Waals surface area contributed by atoms with Crippen LogP contribution in [0.1, 0.15) is 0 Å². The van der Waals surface area contributed by atoms with Crippen LogP contribution in [-0.2, 0) is 19.4 Å². The Balaban J connectivity index is 1.67. The van der Waals surface area contributed by atoms with Crippen LogP contribution in [0.5, 0.6) is 0 Å². The molecule has 0 aromatic heterocycles. The van der Waals surface area contributed by atoms with Crippen molar-refractivity contribution in [3.05, 3.63) is 95.3 Å². The molecule has 1 aliphatic heterocycles. The van der Waals surface area contributed by atoms with E-state index in [2.05, 4.69) is 10.0 Å². The molecule has 0 atom stereocenters. The van der Waals surface area contributed by atoms with Crippen LogP contribution in [0.15, 0.2) is 99.1 Å². The van der Waals surface area contributed by atoms with Crippen LogP contribution in [-0.4, -0.2) is 32.1 Å². The summed E-state index contributed by atoms with van der Waals surface area (Å²) in [6, 6.07) is 25.3. The summed E-state index contributed by atoms with van der Waals surface area (Å²) in [5, 5.41) is 14.6. The number of fused-ring (bicyclic) bond motifs is 2. The molecule has 2 N–H and O–H groups in total. The summed E-state index contributed by atoms with van der Waals surface area (Å²) in [5.74, 6) is 0.603. The van der Waals surface area contributed by atoms with Crippen molar-refractivity contribution in [3.63, 3.8) is 0 Å². The third kappa shape index (κ3) is 5.20. The van der Waals surface area contributed by atoms with E-state index in [1.165, 1.54) is 18.4 Å². The van der Waals surface area contributed by atoms with Gasteiger partial charge in [0.1, 0.15) is 11.3 Å². The Morgan fingerprint density at radius 2 is 1.71 bits per heavy atom. The van der Waals surface area contributed by atoms with E-state index >= 15 is 0 Å². The van der Waals surface area contributed by atoms with E-state index in [4.69, 9.17) is 25.6 Å². The lowest BCUT2D eigenvalue weighted by atomic mass is 9.93. The minimum atomic E-state index is -3.51. The highest BCUT2D eigenvalue weighted by Crippen LogP contribution is 2.43. The van der Waals surface area contributed by atoms with Gasteiger partial charge >= 0.3 is 0 Å². The molecule has 0 spiro atoms. The van der Waals surface area contributed by atoms with Gasteiger partial charge in [0, 0.05) is 64.8 Å². The van der Waals surface area contributed by atoms with Gasteiger partial charge in [0.2, 0.25) is 21.1 Å². The zero-order chi connectivity index (χ0) is 26.9. The van der Waals surface area contributed by atoms with Gasteiger partial charge in [-0.3, -0.25) is 0 Å². The second-order valence-corrected chi connectivity index (χ2v) is 11.8. The molecule has 2 aliphatic rings. The Hall–Kier alpha value is -3.22. The first-order chi connectivity index (χ1) is 18.3. The summed E-state index contributed by atoms with van der Waals surface area (Å²) in [4.78, 5) is 4.23. The largest absolute Gasteiger partial charge is 0.456 e. The molecule has 0 saturated heterocycles. The van der Waals surface area contributed by atoms with E-state index < -0.39 is 10.0 Å². The normalized spacial score (nSPS) is 12.6. The van der Waals surface area contributed by atoms with E-state index in [0.29, 0.717) is 22.1 Å². The Morgan fingerprint density at radius 1 is 0.947 bits per heavy atom. The fourth-order valence-electron chi connectivity index (χ4n) is 4.12. The fourth-order valence-corrected chi connectivity index (χ4v) is 5.68. The molecule has 3 aromatic rings. The topological polar surface area (TPSA) is 103 Å². The summed E-state index contributed by atoms with van der Waals surface area (Å²) < 4.78 is 36.9. The SMILES string of the molecule is CN(C)S(=O)(=O)c1ccc([NH+]=c2ccc3c(-c4ccccc4SOOO)c4ccc(Cl)cc4oc-3c2)cc1. The van der Waals surface area contributed by atoms with Crippen molar-refractivity contribution in [1.29, 1.82) is 0 Å². The van der Waals surface area contributed by atoms with Gasteiger partial charge in [-0.25, -0.2) is 23.0 Å². The summed E-state index contributed by atoms with van der Waals surface area (Å²) in [6.07, 6.45) is 0. The van der Waals surface area contributed by atoms with Gasteiger partial charge in [0.25, 0.3) is 0 Å². The number of rotatable bonds is 7. The van der Waals surface area contributed by atoms with Gasteiger partial charge in [-0.05, 0) is 42.0 Å². The quantitative estimate of drug-likeness (QED) is 0.125. The molecule has 8 nitrogen and oxygen atoms in total. The maximum absolute atomic E-state index is 12.4. The highest BCUT2D eigenvalue weighted by atomic mass is 35.5. The average molecular weight is 570 g/mol. The van der Waals surface area contributed by atoms with Gasteiger partial charge in [-0.15, -0.1) is 4.33 Å². The van der Waals surface area contributed by atoms with Gasteiger partial charge in [0.05, 0.1) is 23.0 Å². The Morgan fingerprint density at radius 3 is 2.45 bits per heavy atom. The highest BCUT2D eigenvalue weighted by molar-refractivity contribution is 7.94. The van der Waals surface area contributed by atoms with Crippen molar-refractivity contribution in [2.45, 2.75) is 9.79 Å². The molecule has 5 rings (SSSR count). The second kappa shape index (κ2) is 10.9. The van der Waals surface area contributed by atoms with Crippen LogP contribution in [0.2, 0.25) is 5.02 Å². The Bertz CT molecular complexity index is 1770. The van der Waals surface area contributed by atoms with Crippen LogP contribution in [0.3, 0.4) is 0 Å². The van der Waals surface area contributed by atoms with E-state index in [1.54, 1.807) is 36.4 Å². The minimum absolute atomic E-state index is 0.210. The number of nitrogens with one attached hydrogen (secondary N) is 1. The maximum Gasteiger partial charge on any atom is 0.242 e. The van der Waals surface area contributed by atoms with Gasteiger partial charge in [-0.2, -0.15) is 0 Å². The molecule has 3 aromatic carbocycles. The summed E-state index contributed by atoms with van der Waals surface area (Å²) >= 11 is 7.17. The van der Waals surface area contributed by atoms with Crippen molar-refractivity contribution < 1.29 is 32.5 Å². The summed E-state index contributed by atoms with van der Waals surface area (Å²) in [5.41, 5.74) is 3.90. The molecule has 0 unspecified atom stereocenters. The third-order valence-electron chi connectivity index (χ3n) is 5.92. The first-order valence-corrected chi connectivity index (χ1v) is 13.9. The first kappa shape index (κ1) is 26.4. The average Bonchev–Trinajstić information content (AvgIpc) is 2.91. The van der Waals surface area contributed by atoms with E-state index in [1.807, 2.05) is 48.5 Å². The van der Waals surface area contributed by atoms with Crippen LogP contribution in [0.25, 0.3) is 33.4 Å². The lowest BCUT2D eigenvalue weighted by molar-refractivity contribution is -0.432. The Kier molecular flexibility index (Phi) is 7.55. The molecule has 0 fully saturated rings. The molecule has 0 amide bonds. The molecular weight excluding hydrogens is 548 g/mol. The van der Waals surface area contributed by atoms with Crippen molar-refractivity contribution in [1.82, 2.24) is 4.31 Å². The van der Waals surface area contributed by atoms with E-state index in [9.17, 15) is 8.42 Å². The molecule has 11 heteroatoms. The van der Waals surface area contributed by atoms with Crippen molar-refractivity contribution in [2.75, 3.05) is 14.1 Å². The molecule has 1 heterocycles. The van der Waals surface area contributed by atoms with Crippen LogP contribution >= 0.6 is 23.6 Å². The smallest absolute Gasteiger partial charge is 0.242 e. The molecule has 0 saturated carbocycles. The molecule has 38 heavy (non-hydrogen) atoms. The van der Waals surface area contributed by atoms with Crippen LogP contribution < -0.4 is 10.3 Å². The van der Waals surface area contributed by atoms with Gasteiger partial charge in [0.15, 0.2) is 0 Å². The third-order valence-corrected chi connectivity index (χ3v) is 8.64. The zero-order valence-corrected chi connectivity index (χ0v) is 22.6. The maximum atomic E-state index is 12.4. The predicted octanol–water partition coefficient (Wildman–Crippen LogP) is 4.85. The lowest BCUT2D eigenvalue weighted by Gasteiger charge is -2.16. The number of halogens is 1. The number of sulfonamides is 1. The molecule has 1 aliphatic carbocycles. The number of hydrogen-bond donors (Lipinski definition) is 2. The predicted molar refractivity (Wildman–Crippen MR) is 145 cm³/mol. The molecule has 0 radical (unpaired) electrons. The van der Waals surface area contributed by atoms with Crippen molar-refractivity contribution in [2.24, 2.45) is 0 Å². The molecular formula is C27H22ClN2O6S2+. The lowest BCUT2D eigenvalue weighted by Crippen LogP contribution is -2.70. The summed E-state index contributed by atoms with van der Waals surface area (Å²) in [7, 11) is -0.521. The monoisotopic (exact) mass is 569 g/mol. The van der Waals surface area contributed by atoms with Crippen molar-refractivity contribution in [3.8, 4) is 22.5 Å². The van der Waals surface area contributed by atoms with Crippen LogP contribution in [0.4, 0.5) is 5.69 Å². The van der Waals surface area contributed by atoms with Crippen molar-refractivity contribution >= 4 is 50.3 Å². The van der Waals surface area contributed by atoms with Gasteiger partial charge < -0.3 is 4.42 Å². The number of hydrogen-bond acceptors (Lipinski definition) is 7. The summed E-state index contributed by atoms with van der Waals surface area (Å²) in [6.45, 7) is 0. The minimum Gasteiger partial charge on any atom is -0.456 e. The molecule has 0 bridgehead atoms. The van der Waals surface area contributed by atoms with E-state index in [-0.39, 0.29) is 4.90 Å². The standard InChI is InChI=1S/C27H21ClN2O6S2/c1-30(2)38(32,33)20-11-8-18(9-12-20)29-19-10-14-22-25(16-19)34-24-15-17(28)7-13-21(24)27(22)23-5-3-4-6-26(23)37-36-35-31/h3-16,31H,1-2H3/p+1. The number of benzene rings is 4. The Labute approximate surface area is 228 Å².